The molecule has 0 unspecified atom stereocenters. The number of aryl methyl sites for hydroxylation is 2. The Hall–Kier alpha value is -3.29. The minimum absolute atomic E-state index is 0.947. The van der Waals surface area contributed by atoms with Crippen molar-refractivity contribution in [1.82, 2.24) is 0 Å². The lowest BCUT2D eigenvalue weighted by Gasteiger charge is -2.27. The summed E-state index contributed by atoms with van der Waals surface area (Å²) >= 11 is 6.05. The summed E-state index contributed by atoms with van der Waals surface area (Å²) in [7, 11) is 0. The van der Waals surface area contributed by atoms with E-state index in [4.69, 9.17) is 12.2 Å². The normalized spacial score (nSPS) is 12.2. The van der Waals surface area contributed by atoms with Gasteiger partial charge in [-0.2, -0.15) is 0 Å². The molecule has 1 aliphatic carbocycles. The molecule has 0 radical (unpaired) electrons. The third kappa shape index (κ3) is 8.05. The predicted octanol–water partition coefficient (Wildman–Crippen LogP) is 12.6. The summed E-state index contributed by atoms with van der Waals surface area (Å²) in [5.41, 5.74) is 12.8. The zero-order valence-corrected chi connectivity index (χ0v) is 27.9. The molecule has 0 saturated carbocycles. The van der Waals surface area contributed by atoms with E-state index in [1.54, 1.807) is 0 Å². The summed E-state index contributed by atoms with van der Waals surface area (Å²) in [4.78, 5) is 0.947. The predicted molar refractivity (Wildman–Crippen MR) is 196 cm³/mol. The standard InChI is InChI=1S/C43H50S/c1-3-5-7-9-11-13-19-33-25-29-35(30-26-33)41(36-31-27-34(28-32-36)20-14-12-10-8-6-4-2)42-37-21-15-17-23-39(37)43(44)40-24-18-16-22-38(40)42/h15-18,21-32H,3-14,19-20H2,1-2H3. The Bertz CT molecular complexity index is 1410. The molecule has 0 spiro atoms. The molecular weight excluding hydrogens is 549 g/mol. The van der Waals surface area contributed by atoms with Gasteiger partial charge in [-0.15, -0.1) is 0 Å². The highest BCUT2D eigenvalue weighted by Gasteiger charge is 2.27. The molecule has 0 atom stereocenters. The molecular formula is C43H50S. The van der Waals surface area contributed by atoms with Gasteiger partial charge in [-0.05, 0) is 70.2 Å². The summed E-state index contributed by atoms with van der Waals surface area (Å²) in [5, 5.41) is 0. The fourth-order valence-corrected chi connectivity index (χ4v) is 7.06. The highest BCUT2D eigenvalue weighted by Crippen LogP contribution is 2.43. The summed E-state index contributed by atoms with van der Waals surface area (Å²) < 4.78 is 0. The highest BCUT2D eigenvalue weighted by molar-refractivity contribution is 7.81. The van der Waals surface area contributed by atoms with Gasteiger partial charge < -0.3 is 0 Å². The van der Waals surface area contributed by atoms with E-state index in [9.17, 15) is 0 Å². The first kappa shape index (κ1) is 32.1. The van der Waals surface area contributed by atoms with E-state index >= 15 is 0 Å². The molecule has 4 aromatic rings. The zero-order chi connectivity index (χ0) is 30.6. The molecule has 0 N–H and O–H groups in total. The van der Waals surface area contributed by atoms with Gasteiger partial charge in [-0.1, -0.05) is 187 Å². The Morgan fingerprint density at radius 2 is 0.795 bits per heavy atom. The van der Waals surface area contributed by atoms with Crippen molar-refractivity contribution in [1.29, 1.82) is 0 Å². The molecule has 0 heterocycles. The van der Waals surface area contributed by atoms with Gasteiger partial charge in [-0.3, -0.25) is 0 Å². The molecule has 5 rings (SSSR count). The highest BCUT2D eigenvalue weighted by atomic mass is 32.1. The fourth-order valence-electron chi connectivity index (χ4n) is 6.71. The largest absolute Gasteiger partial charge is 0.0787 e. The summed E-state index contributed by atoms with van der Waals surface area (Å²) in [6.07, 6.45) is 18.3. The van der Waals surface area contributed by atoms with Gasteiger partial charge in [0.15, 0.2) is 0 Å². The van der Waals surface area contributed by atoms with Crippen LogP contribution in [0.5, 0.6) is 0 Å². The van der Waals surface area contributed by atoms with Crippen molar-refractivity contribution in [3.05, 3.63) is 142 Å². The van der Waals surface area contributed by atoms with Crippen LogP contribution in [0.15, 0.2) is 97.1 Å². The van der Waals surface area contributed by atoms with Crippen LogP contribution in [0.1, 0.15) is 135 Å². The van der Waals surface area contributed by atoms with Crippen LogP contribution in [0.2, 0.25) is 0 Å². The van der Waals surface area contributed by atoms with Crippen LogP contribution in [-0.2, 0) is 12.8 Å². The second-order valence-electron chi connectivity index (χ2n) is 12.6. The number of unbranched alkanes of at least 4 members (excludes halogenated alkanes) is 10. The zero-order valence-electron chi connectivity index (χ0n) is 27.0. The van der Waals surface area contributed by atoms with Gasteiger partial charge in [0.1, 0.15) is 0 Å². The number of hydrogen-bond acceptors (Lipinski definition) is 1. The van der Waals surface area contributed by atoms with Crippen molar-refractivity contribution < 1.29 is 0 Å². The SMILES string of the molecule is CCCCCCCCc1ccc(C(=C2c3ccccc3C(=S)c3ccccc32)c2ccc(CCCCCCCC)cc2)cc1. The lowest BCUT2D eigenvalue weighted by atomic mass is 9.77. The topological polar surface area (TPSA) is 0 Å². The third-order valence-electron chi connectivity index (χ3n) is 9.26. The van der Waals surface area contributed by atoms with Gasteiger partial charge in [0.25, 0.3) is 0 Å². The lowest BCUT2D eigenvalue weighted by molar-refractivity contribution is 0.607. The maximum Gasteiger partial charge on any atom is 0.0534 e. The molecule has 44 heavy (non-hydrogen) atoms. The number of hydrogen-bond donors (Lipinski definition) is 0. The summed E-state index contributed by atoms with van der Waals surface area (Å²) in [5.74, 6) is 0. The molecule has 0 bridgehead atoms. The molecule has 0 nitrogen and oxygen atoms in total. The molecule has 0 saturated heterocycles. The average molecular weight is 599 g/mol. The molecule has 1 aliphatic rings. The first-order chi connectivity index (χ1) is 21.7. The number of rotatable bonds is 16. The van der Waals surface area contributed by atoms with Gasteiger partial charge in [0, 0.05) is 11.1 Å². The Balaban J connectivity index is 1.49. The molecule has 0 fully saturated rings. The number of fused-ring (bicyclic) bond motifs is 2. The van der Waals surface area contributed by atoms with Crippen molar-refractivity contribution in [2.45, 2.75) is 104 Å². The van der Waals surface area contributed by atoms with Gasteiger partial charge in [0.2, 0.25) is 0 Å². The lowest BCUT2D eigenvalue weighted by Crippen LogP contribution is -2.14. The molecule has 1 heteroatoms. The van der Waals surface area contributed by atoms with Crippen LogP contribution in [0.25, 0.3) is 11.1 Å². The molecule has 4 aromatic carbocycles. The van der Waals surface area contributed by atoms with Gasteiger partial charge >= 0.3 is 0 Å². The van der Waals surface area contributed by atoms with Gasteiger partial charge in [-0.25, -0.2) is 0 Å². The van der Waals surface area contributed by atoms with Crippen molar-refractivity contribution in [3.8, 4) is 0 Å². The fraction of sp³-hybridized carbons (Fsp3) is 0.372. The number of thiocarbonyl (C=S) groups is 1. The Morgan fingerprint density at radius 1 is 0.432 bits per heavy atom. The van der Waals surface area contributed by atoms with E-state index in [0.29, 0.717) is 0 Å². The molecule has 0 aromatic heterocycles. The van der Waals surface area contributed by atoms with Crippen molar-refractivity contribution in [3.63, 3.8) is 0 Å². The summed E-state index contributed by atoms with van der Waals surface area (Å²) in [6, 6.07) is 36.3. The average Bonchev–Trinajstić information content (AvgIpc) is 3.07. The first-order valence-corrected chi connectivity index (χ1v) is 17.8. The minimum Gasteiger partial charge on any atom is -0.0787 e. The van der Waals surface area contributed by atoms with E-state index in [0.717, 1.165) is 28.8 Å². The van der Waals surface area contributed by atoms with E-state index in [-0.39, 0.29) is 0 Å². The van der Waals surface area contributed by atoms with E-state index in [1.165, 1.54) is 122 Å². The maximum absolute atomic E-state index is 6.05. The summed E-state index contributed by atoms with van der Waals surface area (Å²) in [6.45, 7) is 4.57. The van der Waals surface area contributed by atoms with Crippen LogP contribution in [0.3, 0.4) is 0 Å². The first-order valence-electron chi connectivity index (χ1n) is 17.4. The third-order valence-corrected chi connectivity index (χ3v) is 9.70. The second-order valence-corrected chi connectivity index (χ2v) is 13.0. The second kappa shape index (κ2) is 16.7. The van der Waals surface area contributed by atoms with E-state index in [2.05, 4.69) is 111 Å². The van der Waals surface area contributed by atoms with Crippen molar-refractivity contribution >= 4 is 28.2 Å². The van der Waals surface area contributed by atoms with E-state index < -0.39 is 0 Å². The maximum atomic E-state index is 6.05. The Morgan fingerprint density at radius 3 is 1.20 bits per heavy atom. The van der Waals surface area contributed by atoms with Crippen LogP contribution < -0.4 is 0 Å². The smallest absolute Gasteiger partial charge is 0.0534 e. The van der Waals surface area contributed by atoms with Crippen LogP contribution in [0, 0.1) is 0 Å². The van der Waals surface area contributed by atoms with Crippen LogP contribution in [-0.4, -0.2) is 4.86 Å². The van der Waals surface area contributed by atoms with Gasteiger partial charge in [0.05, 0.1) is 4.86 Å². The van der Waals surface area contributed by atoms with Crippen LogP contribution >= 0.6 is 12.2 Å². The number of benzene rings is 4. The quantitative estimate of drug-likeness (QED) is 0.0804. The minimum atomic E-state index is 0.947. The molecule has 0 aliphatic heterocycles. The van der Waals surface area contributed by atoms with Crippen LogP contribution in [0.4, 0.5) is 0 Å². The Kier molecular flexibility index (Phi) is 12.2. The monoisotopic (exact) mass is 598 g/mol. The molecule has 0 amide bonds. The Labute approximate surface area is 272 Å². The van der Waals surface area contributed by atoms with Crippen molar-refractivity contribution in [2.24, 2.45) is 0 Å². The van der Waals surface area contributed by atoms with Crippen molar-refractivity contribution in [2.75, 3.05) is 0 Å². The van der Waals surface area contributed by atoms with E-state index in [1.807, 2.05) is 0 Å². The molecule has 228 valence electrons.